The molecule has 0 spiro atoms. The largest absolute Gasteiger partial charge is 0.465 e. The molecule has 0 heterocycles. The lowest BCUT2D eigenvalue weighted by Crippen LogP contribution is -2.38. The van der Waals surface area contributed by atoms with E-state index in [1.165, 1.54) is 17.0 Å². The summed E-state index contributed by atoms with van der Waals surface area (Å²) in [5.74, 6) is -0.798. The molecule has 21 heavy (non-hydrogen) atoms. The molecule has 0 bridgehead atoms. The third-order valence-electron chi connectivity index (χ3n) is 3.13. The van der Waals surface area contributed by atoms with Crippen LogP contribution in [0.4, 0.5) is 5.69 Å². The second-order valence-corrected chi connectivity index (χ2v) is 5.62. The van der Waals surface area contributed by atoms with Crippen molar-refractivity contribution in [1.29, 1.82) is 0 Å². The Hall–Kier alpha value is -1.46. The van der Waals surface area contributed by atoms with Gasteiger partial charge in [-0.2, -0.15) is 0 Å². The van der Waals surface area contributed by atoms with E-state index in [-0.39, 0.29) is 40.7 Å². The van der Waals surface area contributed by atoms with Crippen molar-refractivity contribution in [3.8, 4) is 0 Å². The average molecular weight is 331 g/mol. The molecule has 1 saturated carbocycles. The topological polar surface area (TPSA) is 72.6 Å². The maximum absolute atomic E-state index is 12.6. The molecule has 1 amide bonds. The third kappa shape index (κ3) is 3.80. The standard InChI is InChI=1S/C14H16Cl2N2O3/c1-2-21-12(19)7-18(9-3-4-9)14(20)10-5-8(17)6-11(15)13(10)16/h5-6,9H,2-4,7,17H2,1H3. The summed E-state index contributed by atoms with van der Waals surface area (Å²) >= 11 is 12.0. The molecule has 0 unspecified atom stereocenters. The molecule has 0 saturated heterocycles. The number of nitrogens with zero attached hydrogens (tertiary/aromatic N) is 1. The van der Waals surface area contributed by atoms with Gasteiger partial charge in [-0.25, -0.2) is 0 Å². The molecule has 2 N–H and O–H groups in total. The van der Waals surface area contributed by atoms with Crippen LogP contribution in [0.3, 0.4) is 0 Å². The van der Waals surface area contributed by atoms with Gasteiger partial charge in [0.05, 0.1) is 22.2 Å². The fourth-order valence-electron chi connectivity index (χ4n) is 2.02. The minimum atomic E-state index is -0.441. The SMILES string of the molecule is CCOC(=O)CN(C(=O)c1cc(N)cc(Cl)c1Cl)C1CC1. The van der Waals surface area contributed by atoms with Gasteiger partial charge in [-0.3, -0.25) is 9.59 Å². The van der Waals surface area contributed by atoms with Crippen molar-refractivity contribution in [1.82, 2.24) is 4.90 Å². The van der Waals surface area contributed by atoms with E-state index in [0.717, 1.165) is 12.8 Å². The number of esters is 1. The predicted octanol–water partition coefficient (Wildman–Crippen LogP) is 2.74. The van der Waals surface area contributed by atoms with Gasteiger partial charge in [0.1, 0.15) is 6.54 Å². The van der Waals surface area contributed by atoms with E-state index < -0.39 is 5.97 Å². The number of halogens is 2. The summed E-state index contributed by atoms with van der Waals surface area (Å²) in [5.41, 5.74) is 6.25. The summed E-state index contributed by atoms with van der Waals surface area (Å²) in [6.07, 6.45) is 1.72. The minimum Gasteiger partial charge on any atom is -0.465 e. The molecule has 0 radical (unpaired) electrons. The number of amides is 1. The average Bonchev–Trinajstić information content (AvgIpc) is 3.24. The van der Waals surface area contributed by atoms with Crippen LogP contribution < -0.4 is 5.73 Å². The first-order valence-electron chi connectivity index (χ1n) is 6.65. The van der Waals surface area contributed by atoms with Gasteiger partial charge in [0.15, 0.2) is 0 Å². The lowest BCUT2D eigenvalue weighted by molar-refractivity contribution is -0.144. The number of nitrogen functional groups attached to an aromatic ring is 1. The van der Waals surface area contributed by atoms with E-state index in [9.17, 15) is 9.59 Å². The van der Waals surface area contributed by atoms with Crippen molar-refractivity contribution in [2.24, 2.45) is 0 Å². The zero-order valence-corrected chi connectivity index (χ0v) is 13.1. The Bertz CT molecular complexity index is 574. The molecule has 2 rings (SSSR count). The number of ether oxygens (including phenoxy) is 1. The van der Waals surface area contributed by atoms with Gasteiger partial charge in [0, 0.05) is 11.7 Å². The number of hydrogen-bond acceptors (Lipinski definition) is 4. The molecule has 0 aromatic heterocycles. The van der Waals surface area contributed by atoms with Gasteiger partial charge in [-0.15, -0.1) is 0 Å². The van der Waals surface area contributed by atoms with Crippen molar-refractivity contribution >= 4 is 40.8 Å². The second kappa shape index (κ2) is 6.54. The molecule has 1 fully saturated rings. The Labute approximate surface area is 132 Å². The summed E-state index contributed by atoms with van der Waals surface area (Å²) in [6.45, 7) is 1.90. The van der Waals surface area contributed by atoms with E-state index in [1.807, 2.05) is 0 Å². The van der Waals surface area contributed by atoms with Crippen LogP contribution in [0, 0.1) is 0 Å². The molecule has 0 aliphatic heterocycles. The van der Waals surface area contributed by atoms with Crippen molar-refractivity contribution in [3.63, 3.8) is 0 Å². The number of carbonyl (C=O) groups excluding carboxylic acids is 2. The van der Waals surface area contributed by atoms with Crippen molar-refractivity contribution < 1.29 is 14.3 Å². The first kappa shape index (κ1) is 15.9. The lowest BCUT2D eigenvalue weighted by Gasteiger charge is -2.22. The first-order valence-corrected chi connectivity index (χ1v) is 7.40. The molecule has 0 atom stereocenters. The van der Waals surface area contributed by atoms with Gasteiger partial charge in [-0.1, -0.05) is 23.2 Å². The molecule has 1 aromatic rings. The van der Waals surface area contributed by atoms with Crippen molar-refractivity contribution in [3.05, 3.63) is 27.7 Å². The molecule has 1 aliphatic rings. The summed E-state index contributed by atoms with van der Waals surface area (Å²) in [6, 6.07) is 2.99. The summed E-state index contributed by atoms with van der Waals surface area (Å²) < 4.78 is 4.90. The smallest absolute Gasteiger partial charge is 0.325 e. The monoisotopic (exact) mass is 330 g/mol. The maximum atomic E-state index is 12.6. The van der Waals surface area contributed by atoms with Crippen molar-refractivity contribution in [2.75, 3.05) is 18.9 Å². The van der Waals surface area contributed by atoms with Gasteiger partial charge in [0.25, 0.3) is 5.91 Å². The summed E-state index contributed by atoms with van der Waals surface area (Å²) in [7, 11) is 0. The quantitative estimate of drug-likeness (QED) is 0.665. The number of anilines is 1. The van der Waals surface area contributed by atoms with E-state index in [4.69, 9.17) is 33.7 Å². The van der Waals surface area contributed by atoms with Crippen LogP contribution in [0.1, 0.15) is 30.1 Å². The van der Waals surface area contributed by atoms with Gasteiger partial charge < -0.3 is 15.4 Å². The van der Waals surface area contributed by atoms with E-state index >= 15 is 0 Å². The van der Waals surface area contributed by atoms with Crippen LogP contribution in [-0.4, -0.2) is 36.0 Å². The van der Waals surface area contributed by atoms with Crippen LogP contribution in [0.15, 0.2) is 12.1 Å². The highest BCUT2D eigenvalue weighted by atomic mass is 35.5. The molecule has 7 heteroatoms. The Morgan fingerprint density at radius 2 is 2.05 bits per heavy atom. The highest BCUT2D eigenvalue weighted by Gasteiger charge is 2.35. The first-order chi connectivity index (χ1) is 9.93. The molecular formula is C14H16Cl2N2O3. The van der Waals surface area contributed by atoms with Gasteiger partial charge in [0.2, 0.25) is 0 Å². The molecule has 114 valence electrons. The number of carbonyl (C=O) groups is 2. The van der Waals surface area contributed by atoms with E-state index in [2.05, 4.69) is 0 Å². The van der Waals surface area contributed by atoms with Crippen LogP contribution in [0.5, 0.6) is 0 Å². The van der Waals surface area contributed by atoms with Crippen LogP contribution in [0.25, 0.3) is 0 Å². The van der Waals surface area contributed by atoms with Crippen molar-refractivity contribution in [2.45, 2.75) is 25.8 Å². The number of rotatable bonds is 5. The van der Waals surface area contributed by atoms with Crippen LogP contribution in [-0.2, 0) is 9.53 Å². The third-order valence-corrected chi connectivity index (χ3v) is 3.94. The summed E-state index contributed by atoms with van der Waals surface area (Å²) in [5, 5.41) is 0.359. The molecule has 1 aromatic carbocycles. The Morgan fingerprint density at radius 1 is 1.38 bits per heavy atom. The van der Waals surface area contributed by atoms with Crippen LogP contribution in [0.2, 0.25) is 10.0 Å². The molecule has 1 aliphatic carbocycles. The zero-order valence-electron chi connectivity index (χ0n) is 11.6. The van der Waals surface area contributed by atoms with E-state index in [1.54, 1.807) is 6.92 Å². The molecular weight excluding hydrogens is 315 g/mol. The number of hydrogen-bond donors (Lipinski definition) is 1. The number of benzene rings is 1. The second-order valence-electron chi connectivity index (χ2n) is 4.83. The normalized spacial score (nSPS) is 13.9. The summed E-state index contributed by atoms with van der Waals surface area (Å²) in [4.78, 5) is 25.7. The van der Waals surface area contributed by atoms with E-state index in [0.29, 0.717) is 5.69 Å². The predicted molar refractivity (Wildman–Crippen MR) is 81.6 cm³/mol. The maximum Gasteiger partial charge on any atom is 0.325 e. The minimum absolute atomic E-state index is 0.0400. The fourth-order valence-corrected chi connectivity index (χ4v) is 2.44. The molecule has 5 nitrogen and oxygen atoms in total. The Balaban J connectivity index is 2.25. The van der Waals surface area contributed by atoms with Gasteiger partial charge in [-0.05, 0) is 31.9 Å². The fraction of sp³-hybridized carbons (Fsp3) is 0.429. The highest BCUT2D eigenvalue weighted by Crippen LogP contribution is 2.33. The van der Waals surface area contributed by atoms with Crippen LogP contribution >= 0.6 is 23.2 Å². The van der Waals surface area contributed by atoms with Gasteiger partial charge >= 0.3 is 5.97 Å². The lowest BCUT2D eigenvalue weighted by atomic mass is 10.1. The zero-order chi connectivity index (χ0) is 15.6. The Kier molecular flexibility index (Phi) is 4.96. The highest BCUT2D eigenvalue weighted by molar-refractivity contribution is 6.44. The Morgan fingerprint density at radius 3 is 2.62 bits per heavy atom. The number of nitrogens with two attached hydrogens (primary N) is 1.